The van der Waals surface area contributed by atoms with Crippen LogP contribution >= 0.6 is 0 Å². The molecular weight excluding hydrogens is 362 g/mol. The number of ether oxygens (including phenoxy) is 4. The van der Waals surface area contributed by atoms with Crippen molar-refractivity contribution in [1.82, 2.24) is 5.32 Å². The molecule has 7 heteroatoms. The van der Waals surface area contributed by atoms with Crippen LogP contribution < -0.4 is 19.5 Å². The first-order valence-corrected chi connectivity index (χ1v) is 8.95. The third-order valence-electron chi connectivity index (χ3n) is 3.96. The summed E-state index contributed by atoms with van der Waals surface area (Å²) in [5.41, 5.74) is 1.52. The largest absolute Gasteiger partial charge is 0.493 e. The van der Waals surface area contributed by atoms with E-state index in [1.807, 2.05) is 24.3 Å². The summed E-state index contributed by atoms with van der Waals surface area (Å²) in [6.07, 6.45) is 0.923. The lowest BCUT2D eigenvalue weighted by atomic mass is 10.2. The average molecular weight is 387 g/mol. The fourth-order valence-corrected chi connectivity index (χ4v) is 2.45. The number of amides is 1. The SMILES string of the molecule is CCc1cccc(OCCOC(=O)CNC(=O)c2ccc(OC)c(OC)c2)c1. The summed E-state index contributed by atoms with van der Waals surface area (Å²) in [6, 6.07) is 12.5. The Balaban J connectivity index is 1.72. The van der Waals surface area contributed by atoms with E-state index in [2.05, 4.69) is 12.2 Å². The van der Waals surface area contributed by atoms with Gasteiger partial charge in [-0.3, -0.25) is 9.59 Å². The maximum atomic E-state index is 12.2. The molecule has 28 heavy (non-hydrogen) atoms. The van der Waals surface area contributed by atoms with Crippen LogP contribution in [0.3, 0.4) is 0 Å². The van der Waals surface area contributed by atoms with Crippen LogP contribution in [0.2, 0.25) is 0 Å². The summed E-state index contributed by atoms with van der Waals surface area (Å²) in [5.74, 6) is 0.729. The molecule has 2 rings (SSSR count). The predicted molar refractivity (Wildman–Crippen MR) is 104 cm³/mol. The molecule has 1 amide bonds. The van der Waals surface area contributed by atoms with Gasteiger partial charge in [0.25, 0.3) is 5.91 Å². The average Bonchev–Trinajstić information content (AvgIpc) is 2.74. The Bertz CT molecular complexity index is 805. The van der Waals surface area contributed by atoms with E-state index in [1.165, 1.54) is 25.8 Å². The molecule has 0 radical (unpaired) electrons. The van der Waals surface area contributed by atoms with E-state index in [1.54, 1.807) is 12.1 Å². The number of carbonyl (C=O) groups excluding carboxylic acids is 2. The molecule has 0 bridgehead atoms. The van der Waals surface area contributed by atoms with Crippen molar-refractivity contribution < 1.29 is 28.5 Å². The maximum Gasteiger partial charge on any atom is 0.325 e. The molecular formula is C21H25NO6. The fourth-order valence-electron chi connectivity index (χ4n) is 2.45. The van der Waals surface area contributed by atoms with Crippen molar-refractivity contribution in [3.63, 3.8) is 0 Å². The number of nitrogens with one attached hydrogen (secondary N) is 1. The van der Waals surface area contributed by atoms with Crippen LogP contribution in [0.4, 0.5) is 0 Å². The van der Waals surface area contributed by atoms with Crippen molar-refractivity contribution >= 4 is 11.9 Å². The summed E-state index contributed by atoms with van der Waals surface area (Å²) in [5, 5.41) is 2.51. The Morgan fingerprint density at radius 1 is 0.964 bits per heavy atom. The van der Waals surface area contributed by atoms with Crippen LogP contribution in [0.15, 0.2) is 42.5 Å². The first-order valence-electron chi connectivity index (χ1n) is 8.95. The van der Waals surface area contributed by atoms with Crippen LogP contribution in [-0.2, 0) is 16.0 Å². The number of benzene rings is 2. The minimum atomic E-state index is -0.542. The first kappa shape index (κ1) is 21.1. The van der Waals surface area contributed by atoms with Gasteiger partial charge < -0.3 is 24.3 Å². The Hall–Kier alpha value is -3.22. The van der Waals surface area contributed by atoms with E-state index in [-0.39, 0.29) is 19.8 Å². The van der Waals surface area contributed by atoms with Crippen LogP contribution in [-0.4, -0.2) is 45.9 Å². The zero-order valence-electron chi connectivity index (χ0n) is 16.3. The second-order valence-corrected chi connectivity index (χ2v) is 5.82. The normalized spacial score (nSPS) is 10.1. The molecule has 0 heterocycles. The van der Waals surface area contributed by atoms with Gasteiger partial charge in [-0.1, -0.05) is 19.1 Å². The quantitative estimate of drug-likeness (QED) is 0.498. The Morgan fingerprint density at radius 2 is 1.75 bits per heavy atom. The number of esters is 1. The lowest BCUT2D eigenvalue weighted by molar-refractivity contribution is -0.143. The van der Waals surface area contributed by atoms with Gasteiger partial charge in [0.05, 0.1) is 14.2 Å². The summed E-state index contributed by atoms with van der Waals surface area (Å²) < 4.78 is 20.9. The summed E-state index contributed by atoms with van der Waals surface area (Å²) >= 11 is 0. The Morgan fingerprint density at radius 3 is 2.46 bits per heavy atom. The smallest absolute Gasteiger partial charge is 0.325 e. The fraction of sp³-hybridized carbons (Fsp3) is 0.333. The van der Waals surface area contributed by atoms with Crippen molar-refractivity contribution in [2.45, 2.75) is 13.3 Å². The summed E-state index contributed by atoms with van der Waals surface area (Å²) in [7, 11) is 3.00. The third kappa shape index (κ3) is 6.19. The number of carbonyl (C=O) groups is 2. The zero-order chi connectivity index (χ0) is 20.4. The highest BCUT2D eigenvalue weighted by molar-refractivity contribution is 5.96. The van der Waals surface area contributed by atoms with Crippen molar-refractivity contribution in [3.05, 3.63) is 53.6 Å². The van der Waals surface area contributed by atoms with Gasteiger partial charge in [-0.2, -0.15) is 0 Å². The maximum absolute atomic E-state index is 12.2. The molecule has 0 atom stereocenters. The molecule has 0 spiro atoms. The number of aryl methyl sites for hydroxylation is 1. The van der Waals surface area contributed by atoms with Crippen molar-refractivity contribution in [2.24, 2.45) is 0 Å². The highest BCUT2D eigenvalue weighted by atomic mass is 16.6. The van der Waals surface area contributed by atoms with Gasteiger partial charge in [0.1, 0.15) is 25.5 Å². The topological polar surface area (TPSA) is 83.1 Å². The van der Waals surface area contributed by atoms with Crippen molar-refractivity contribution in [2.75, 3.05) is 34.0 Å². The van der Waals surface area contributed by atoms with Gasteiger partial charge in [0.2, 0.25) is 0 Å². The molecule has 0 saturated heterocycles. The third-order valence-corrected chi connectivity index (χ3v) is 3.96. The molecule has 2 aromatic carbocycles. The summed E-state index contributed by atoms with van der Waals surface area (Å²) in [6.45, 7) is 2.17. The monoisotopic (exact) mass is 387 g/mol. The number of hydrogen-bond donors (Lipinski definition) is 1. The molecule has 0 aliphatic rings. The van der Waals surface area contributed by atoms with E-state index >= 15 is 0 Å². The van der Waals surface area contributed by atoms with Gasteiger partial charge in [-0.15, -0.1) is 0 Å². The Kier molecular flexibility index (Phi) is 8.14. The molecule has 0 aliphatic carbocycles. The Labute approximate surface area is 164 Å². The van der Waals surface area contributed by atoms with Crippen LogP contribution in [0, 0.1) is 0 Å². The molecule has 0 aliphatic heterocycles. The van der Waals surface area contributed by atoms with E-state index in [0.717, 1.165) is 12.2 Å². The number of methoxy groups -OCH3 is 2. The number of hydrogen-bond acceptors (Lipinski definition) is 6. The van der Waals surface area contributed by atoms with Crippen LogP contribution in [0.1, 0.15) is 22.8 Å². The first-order chi connectivity index (χ1) is 13.6. The van der Waals surface area contributed by atoms with Gasteiger partial charge >= 0.3 is 5.97 Å². The van der Waals surface area contributed by atoms with Gasteiger partial charge in [0, 0.05) is 5.56 Å². The summed E-state index contributed by atoms with van der Waals surface area (Å²) in [4.78, 5) is 23.9. The lowest BCUT2D eigenvalue weighted by Gasteiger charge is -2.10. The molecule has 7 nitrogen and oxygen atoms in total. The van der Waals surface area contributed by atoms with E-state index in [0.29, 0.717) is 17.1 Å². The number of rotatable bonds is 10. The molecule has 150 valence electrons. The molecule has 0 saturated carbocycles. The molecule has 0 aromatic heterocycles. The highest BCUT2D eigenvalue weighted by Gasteiger charge is 2.12. The minimum absolute atomic E-state index is 0.0986. The van der Waals surface area contributed by atoms with Gasteiger partial charge in [0.15, 0.2) is 11.5 Å². The second-order valence-electron chi connectivity index (χ2n) is 5.82. The molecule has 1 N–H and O–H groups in total. The molecule has 0 fully saturated rings. The van der Waals surface area contributed by atoms with Crippen LogP contribution in [0.25, 0.3) is 0 Å². The lowest BCUT2D eigenvalue weighted by Crippen LogP contribution is -2.31. The van der Waals surface area contributed by atoms with E-state index in [4.69, 9.17) is 18.9 Å². The van der Waals surface area contributed by atoms with Gasteiger partial charge in [-0.25, -0.2) is 0 Å². The minimum Gasteiger partial charge on any atom is -0.493 e. The standard InChI is InChI=1S/C21H25NO6/c1-4-15-6-5-7-17(12-15)27-10-11-28-20(23)14-22-21(24)16-8-9-18(25-2)19(13-16)26-3/h5-9,12-13H,4,10-11,14H2,1-3H3,(H,22,24). The van der Waals surface area contributed by atoms with Crippen molar-refractivity contribution in [3.8, 4) is 17.2 Å². The van der Waals surface area contributed by atoms with E-state index in [9.17, 15) is 9.59 Å². The van der Waals surface area contributed by atoms with E-state index < -0.39 is 11.9 Å². The molecule has 0 unspecified atom stereocenters. The molecule has 2 aromatic rings. The van der Waals surface area contributed by atoms with Gasteiger partial charge in [-0.05, 0) is 42.3 Å². The predicted octanol–water partition coefficient (Wildman–Crippen LogP) is 2.62. The van der Waals surface area contributed by atoms with Crippen molar-refractivity contribution in [1.29, 1.82) is 0 Å². The second kappa shape index (κ2) is 10.8. The highest BCUT2D eigenvalue weighted by Crippen LogP contribution is 2.27. The van der Waals surface area contributed by atoms with Crippen LogP contribution in [0.5, 0.6) is 17.2 Å². The zero-order valence-corrected chi connectivity index (χ0v) is 16.3.